The van der Waals surface area contributed by atoms with Gasteiger partial charge in [-0.25, -0.2) is 4.79 Å². The monoisotopic (exact) mass is 446 g/mol. The van der Waals surface area contributed by atoms with Crippen LogP contribution in [0.4, 0.5) is 10.5 Å². The molecule has 3 amide bonds. The van der Waals surface area contributed by atoms with Gasteiger partial charge in [0, 0.05) is 56.1 Å². The molecule has 0 atom stereocenters. The first-order chi connectivity index (χ1) is 16.2. The Balaban J connectivity index is 1.08. The van der Waals surface area contributed by atoms with Crippen molar-refractivity contribution in [1.82, 2.24) is 14.8 Å². The largest absolute Gasteiger partial charge is 0.342 e. The highest BCUT2D eigenvalue weighted by molar-refractivity contribution is 5.90. The molecule has 0 spiro atoms. The highest BCUT2D eigenvalue weighted by atomic mass is 16.2. The molecule has 0 unspecified atom stereocenters. The van der Waals surface area contributed by atoms with Crippen molar-refractivity contribution >= 4 is 17.6 Å². The highest BCUT2D eigenvalue weighted by Gasteiger charge is 2.32. The van der Waals surface area contributed by atoms with Crippen LogP contribution in [0.1, 0.15) is 67.9 Å². The van der Waals surface area contributed by atoms with E-state index in [1.807, 2.05) is 29.3 Å². The maximum absolute atomic E-state index is 12.8. The van der Waals surface area contributed by atoms with Crippen molar-refractivity contribution in [3.8, 4) is 0 Å². The first kappa shape index (κ1) is 21.9. The standard InChI is InChI=1S/C27H34N4O2/c32-26(22-5-2-1-3-6-22)30-15-12-21(13-16-30)20-8-10-25(11-9-20)29-27(33)31-18-24(19-31)23-7-4-14-28-17-23/h4,7-11,14,17,21-22,24H,1-3,5-6,12-13,15-16,18-19H2,(H,29,33). The van der Waals surface area contributed by atoms with Crippen molar-refractivity contribution < 1.29 is 9.59 Å². The molecule has 2 aliphatic heterocycles. The molecule has 174 valence electrons. The average molecular weight is 447 g/mol. The number of aromatic nitrogens is 1. The van der Waals surface area contributed by atoms with Gasteiger partial charge in [0.1, 0.15) is 0 Å². The topological polar surface area (TPSA) is 65.5 Å². The van der Waals surface area contributed by atoms with Crippen LogP contribution in [0.5, 0.6) is 0 Å². The number of nitrogens with one attached hydrogen (secondary N) is 1. The van der Waals surface area contributed by atoms with Crippen molar-refractivity contribution in [2.45, 2.75) is 56.8 Å². The molecule has 3 heterocycles. The third kappa shape index (κ3) is 5.05. The number of carbonyl (C=O) groups excluding carboxylic acids is 2. The molecule has 3 aliphatic rings. The summed E-state index contributed by atoms with van der Waals surface area (Å²) in [4.78, 5) is 33.5. The van der Waals surface area contributed by atoms with Gasteiger partial charge >= 0.3 is 6.03 Å². The van der Waals surface area contributed by atoms with E-state index in [-0.39, 0.29) is 11.9 Å². The number of piperidine rings is 1. The lowest BCUT2D eigenvalue weighted by atomic mass is 9.86. The van der Waals surface area contributed by atoms with Gasteiger partial charge in [-0.1, -0.05) is 37.5 Å². The van der Waals surface area contributed by atoms with E-state index in [2.05, 4.69) is 33.4 Å². The molecule has 1 aromatic carbocycles. The molecule has 6 heteroatoms. The second kappa shape index (κ2) is 9.94. The fourth-order valence-corrected chi connectivity index (χ4v) is 5.55. The van der Waals surface area contributed by atoms with Crippen LogP contribution in [-0.2, 0) is 4.79 Å². The van der Waals surface area contributed by atoms with E-state index >= 15 is 0 Å². The Labute approximate surface area is 196 Å². The minimum absolute atomic E-state index is 0.0441. The number of benzene rings is 1. The lowest BCUT2D eigenvalue weighted by Crippen LogP contribution is -2.50. The van der Waals surface area contributed by atoms with Gasteiger partial charge in [0.2, 0.25) is 5.91 Å². The third-order valence-electron chi connectivity index (χ3n) is 7.72. The van der Waals surface area contributed by atoms with Crippen molar-refractivity contribution in [1.29, 1.82) is 0 Å². The predicted molar refractivity (Wildman–Crippen MR) is 129 cm³/mol. The Morgan fingerprint density at radius 1 is 0.818 bits per heavy atom. The summed E-state index contributed by atoms with van der Waals surface area (Å²) in [7, 11) is 0. The molecule has 2 saturated heterocycles. The zero-order chi connectivity index (χ0) is 22.6. The lowest BCUT2D eigenvalue weighted by Gasteiger charge is -2.39. The van der Waals surface area contributed by atoms with Crippen LogP contribution in [-0.4, -0.2) is 52.9 Å². The molecule has 5 rings (SSSR count). The second-order valence-corrected chi connectivity index (χ2v) is 9.87. The fraction of sp³-hybridized carbons (Fsp3) is 0.519. The van der Waals surface area contributed by atoms with Gasteiger partial charge in [0.15, 0.2) is 0 Å². The van der Waals surface area contributed by atoms with Gasteiger partial charge in [-0.05, 0) is 60.9 Å². The quantitative estimate of drug-likeness (QED) is 0.719. The van der Waals surface area contributed by atoms with Crippen LogP contribution in [0, 0.1) is 5.92 Å². The summed E-state index contributed by atoms with van der Waals surface area (Å²) in [5, 5.41) is 3.02. The van der Waals surface area contributed by atoms with E-state index in [9.17, 15) is 9.59 Å². The molecule has 2 aromatic rings. The molecule has 6 nitrogen and oxygen atoms in total. The number of carbonyl (C=O) groups is 2. The molecule has 0 radical (unpaired) electrons. The summed E-state index contributed by atoms with van der Waals surface area (Å²) >= 11 is 0. The van der Waals surface area contributed by atoms with Gasteiger partial charge in [0.05, 0.1) is 0 Å². The van der Waals surface area contributed by atoms with Crippen molar-refractivity contribution in [2.75, 3.05) is 31.5 Å². The van der Waals surface area contributed by atoms with Gasteiger partial charge in [-0.2, -0.15) is 0 Å². The van der Waals surface area contributed by atoms with Crippen molar-refractivity contribution in [3.63, 3.8) is 0 Å². The van der Waals surface area contributed by atoms with Crippen LogP contribution < -0.4 is 5.32 Å². The molecule has 1 N–H and O–H groups in total. The van der Waals surface area contributed by atoms with Gasteiger partial charge in [-0.15, -0.1) is 0 Å². The number of pyridine rings is 1. The summed E-state index contributed by atoms with van der Waals surface area (Å²) in [6.45, 7) is 3.19. The summed E-state index contributed by atoms with van der Waals surface area (Å²) in [6.07, 6.45) is 11.6. The Morgan fingerprint density at radius 2 is 1.55 bits per heavy atom. The van der Waals surface area contributed by atoms with Gasteiger partial charge < -0.3 is 15.1 Å². The zero-order valence-corrected chi connectivity index (χ0v) is 19.3. The number of likely N-dealkylation sites (tertiary alicyclic amines) is 2. The number of hydrogen-bond donors (Lipinski definition) is 1. The minimum atomic E-state index is -0.0441. The normalized spacial score (nSPS) is 20.4. The van der Waals surface area contributed by atoms with Gasteiger partial charge in [0.25, 0.3) is 0 Å². The maximum atomic E-state index is 12.8. The first-order valence-electron chi connectivity index (χ1n) is 12.5. The van der Waals surface area contributed by atoms with Crippen molar-refractivity contribution in [2.24, 2.45) is 5.92 Å². The molecule has 33 heavy (non-hydrogen) atoms. The van der Waals surface area contributed by atoms with E-state index in [0.29, 0.717) is 17.7 Å². The van der Waals surface area contributed by atoms with Crippen LogP contribution in [0.3, 0.4) is 0 Å². The Kier molecular flexibility index (Phi) is 6.60. The smallest absolute Gasteiger partial charge is 0.321 e. The number of rotatable bonds is 4. The van der Waals surface area contributed by atoms with Crippen LogP contribution in [0.15, 0.2) is 48.8 Å². The summed E-state index contributed by atoms with van der Waals surface area (Å²) < 4.78 is 0. The highest BCUT2D eigenvalue weighted by Crippen LogP contribution is 2.32. The first-order valence-corrected chi connectivity index (χ1v) is 12.5. The van der Waals surface area contributed by atoms with Crippen LogP contribution in [0.2, 0.25) is 0 Å². The third-order valence-corrected chi connectivity index (χ3v) is 7.72. The minimum Gasteiger partial charge on any atom is -0.342 e. The molecule has 0 bridgehead atoms. The van der Waals surface area contributed by atoms with Crippen LogP contribution in [0.25, 0.3) is 0 Å². The molecule has 3 fully saturated rings. The second-order valence-electron chi connectivity index (χ2n) is 9.87. The number of urea groups is 1. The summed E-state index contributed by atoms with van der Waals surface area (Å²) in [5.41, 5.74) is 3.33. The van der Waals surface area contributed by atoms with Crippen LogP contribution >= 0.6 is 0 Å². The Hall–Kier alpha value is -2.89. The lowest BCUT2D eigenvalue weighted by molar-refractivity contribution is -0.137. The number of amides is 3. The predicted octanol–water partition coefficient (Wildman–Crippen LogP) is 5.00. The molecular weight excluding hydrogens is 412 g/mol. The number of hydrogen-bond acceptors (Lipinski definition) is 3. The SMILES string of the molecule is O=C(Nc1ccc(C2CCN(C(=O)C3CCCCC3)CC2)cc1)N1CC(c2cccnc2)C1. The summed E-state index contributed by atoms with van der Waals surface area (Å²) in [6, 6.07) is 12.2. The van der Waals surface area contributed by atoms with Crippen molar-refractivity contribution in [3.05, 3.63) is 59.9 Å². The fourth-order valence-electron chi connectivity index (χ4n) is 5.55. The van der Waals surface area contributed by atoms with E-state index in [0.717, 1.165) is 57.5 Å². The Bertz CT molecular complexity index is 942. The summed E-state index contributed by atoms with van der Waals surface area (Å²) in [5.74, 6) is 1.52. The van der Waals surface area contributed by atoms with E-state index in [1.165, 1.54) is 30.4 Å². The maximum Gasteiger partial charge on any atom is 0.321 e. The molecule has 1 saturated carbocycles. The molecule has 1 aromatic heterocycles. The van der Waals surface area contributed by atoms with E-state index in [1.54, 1.807) is 6.20 Å². The Morgan fingerprint density at radius 3 is 2.21 bits per heavy atom. The number of nitrogens with zero attached hydrogens (tertiary/aromatic N) is 3. The van der Waals surface area contributed by atoms with E-state index < -0.39 is 0 Å². The zero-order valence-electron chi connectivity index (χ0n) is 19.3. The van der Waals surface area contributed by atoms with E-state index in [4.69, 9.17) is 0 Å². The molecule has 1 aliphatic carbocycles. The average Bonchev–Trinajstić information content (AvgIpc) is 2.84. The molecular formula is C27H34N4O2. The van der Waals surface area contributed by atoms with Gasteiger partial charge in [-0.3, -0.25) is 9.78 Å². The number of anilines is 1.